The fourth-order valence-corrected chi connectivity index (χ4v) is 2.54. The molecule has 0 bridgehead atoms. The second-order valence-electron chi connectivity index (χ2n) is 6.17. The van der Waals surface area contributed by atoms with Gasteiger partial charge >= 0.3 is 0 Å². The first-order valence-electron chi connectivity index (χ1n) is 8.40. The summed E-state index contributed by atoms with van der Waals surface area (Å²) in [5.74, 6) is 0.660. The van der Waals surface area contributed by atoms with Crippen molar-refractivity contribution in [2.75, 3.05) is 19.0 Å². The van der Waals surface area contributed by atoms with Crippen LogP contribution in [0.3, 0.4) is 0 Å². The van der Waals surface area contributed by atoms with E-state index in [1.54, 1.807) is 7.11 Å². The highest BCUT2D eigenvalue weighted by atomic mass is 16.5. The van der Waals surface area contributed by atoms with Gasteiger partial charge < -0.3 is 20.5 Å². The number of aryl methyl sites for hydroxylation is 1. The fraction of sp³-hybridized carbons (Fsp3) is 0.350. The quantitative estimate of drug-likeness (QED) is 0.690. The van der Waals surface area contributed by atoms with E-state index in [-0.39, 0.29) is 11.9 Å². The van der Waals surface area contributed by atoms with Gasteiger partial charge in [-0.2, -0.15) is 0 Å². The number of nitrogens with one attached hydrogen (secondary N) is 2. The Bertz CT molecular complexity index is 703. The summed E-state index contributed by atoms with van der Waals surface area (Å²) in [7, 11) is 1.60. The summed E-state index contributed by atoms with van der Waals surface area (Å²) in [5, 5.41) is 16.4. The zero-order chi connectivity index (χ0) is 18.2. The van der Waals surface area contributed by atoms with Gasteiger partial charge in [-0.1, -0.05) is 30.3 Å². The van der Waals surface area contributed by atoms with E-state index in [4.69, 9.17) is 4.74 Å². The predicted molar refractivity (Wildman–Crippen MR) is 99.8 cm³/mol. The van der Waals surface area contributed by atoms with Gasteiger partial charge in [-0.15, -0.1) is 0 Å². The number of para-hydroxylation sites is 1. The van der Waals surface area contributed by atoms with Crippen molar-refractivity contribution in [1.29, 1.82) is 0 Å². The number of carbonyl (C=O) groups is 1. The lowest BCUT2D eigenvalue weighted by molar-refractivity contribution is -0.116. The SMILES string of the molecule is COc1cccc([C@@H](O)CN[C@H](C)CC(=O)Nc2ccccc2C)c1. The first kappa shape index (κ1) is 19.0. The van der Waals surface area contributed by atoms with E-state index in [2.05, 4.69) is 10.6 Å². The minimum atomic E-state index is -0.656. The molecule has 3 N–H and O–H groups in total. The second kappa shape index (κ2) is 9.20. The minimum absolute atomic E-state index is 0.0508. The molecule has 2 aromatic carbocycles. The highest BCUT2D eigenvalue weighted by Gasteiger charge is 2.13. The van der Waals surface area contributed by atoms with Crippen LogP contribution in [0.1, 0.15) is 30.6 Å². The number of ether oxygens (including phenoxy) is 1. The van der Waals surface area contributed by atoms with Gasteiger partial charge in [0.1, 0.15) is 5.75 Å². The molecule has 0 aliphatic rings. The standard InChI is InChI=1S/C20H26N2O3/c1-14-7-4-5-10-18(14)22-20(24)11-15(2)21-13-19(23)16-8-6-9-17(12-16)25-3/h4-10,12,15,19,21,23H,11,13H2,1-3H3,(H,22,24)/t15-,19+/m1/s1. The van der Waals surface area contributed by atoms with Crippen LogP contribution in [-0.4, -0.2) is 30.7 Å². The van der Waals surface area contributed by atoms with Crippen LogP contribution in [0.15, 0.2) is 48.5 Å². The Morgan fingerprint density at radius 3 is 2.68 bits per heavy atom. The number of hydrogen-bond donors (Lipinski definition) is 3. The molecule has 0 heterocycles. The zero-order valence-corrected chi connectivity index (χ0v) is 15.0. The molecule has 0 unspecified atom stereocenters. The van der Waals surface area contributed by atoms with Crippen LogP contribution in [0.2, 0.25) is 0 Å². The number of amides is 1. The molecule has 2 aromatic rings. The average molecular weight is 342 g/mol. The highest BCUT2D eigenvalue weighted by Crippen LogP contribution is 2.19. The third kappa shape index (κ3) is 5.89. The van der Waals surface area contributed by atoms with Gasteiger partial charge in [0.25, 0.3) is 0 Å². The molecule has 134 valence electrons. The van der Waals surface area contributed by atoms with Crippen molar-refractivity contribution < 1.29 is 14.6 Å². The van der Waals surface area contributed by atoms with E-state index >= 15 is 0 Å². The van der Waals surface area contributed by atoms with E-state index < -0.39 is 6.10 Å². The molecule has 0 spiro atoms. The van der Waals surface area contributed by atoms with Gasteiger partial charge in [-0.25, -0.2) is 0 Å². The molecule has 0 saturated heterocycles. The lowest BCUT2D eigenvalue weighted by Crippen LogP contribution is -2.33. The third-order valence-corrected chi connectivity index (χ3v) is 4.05. The number of hydrogen-bond acceptors (Lipinski definition) is 4. The monoisotopic (exact) mass is 342 g/mol. The Labute approximate surface area is 149 Å². The Hall–Kier alpha value is -2.37. The smallest absolute Gasteiger partial charge is 0.225 e. The molecule has 0 aliphatic heterocycles. The molecule has 5 nitrogen and oxygen atoms in total. The number of methoxy groups -OCH3 is 1. The average Bonchev–Trinajstić information content (AvgIpc) is 2.61. The largest absolute Gasteiger partial charge is 0.497 e. The van der Waals surface area contributed by atoms with Crippen molar-refractivity contribution in [3.8, 4) is 5.75 Å². The summed E-state index contributed by atoms with van der Waals surface area (Å²) in [5.41, 5.74) is 2.64. The van der Waals surface area contributed by atoms with Crippen LogP contribution in [0, 0.1) is 6.92 Å². The molecule has 0 saturated carbocycles. The number of anilines is 1. The predicted octanol–water partition coefficient (Wildman–Crippen LogP) is 3.04. The van der Waals surface area contributed by atoms with Crippen molar-refractivity contribution >= 4 is 11.6 Å². The number of carbonyl (C=O) groups excluding carboxylic acids is 1. The van der Waals surface area contributed by atoms with Gasteiger partial charge in [0.15, 0.2) is 0 Å². The summed E-state index contributed by atoms with van der Waals surface area (Å²) in [6, 6.07) is 15.0. The number of aliphatic hydroxyl groups excluding tert-OH is 1. The Kier molecular flexibility index (Phi) is 6.98. The summed E-state index contributed by atoms with van der Waals surface area (Å²) < 4.78 is 5.17. The van der Waals surface area contributed by atoms with Gasteiger partial charge in [0, 0.05) is 24.7 Å². The summed E-state index contributed by atoms with van der Waals surface area (Å²) in [6.07, 6.45) is -0.323. The molecule has 0 fully saturated rings. The van der Waals surface area contributed by atoms with Crippen LogP contribution in [-0.2, 0) is 4.79 Å². The van der Waals surface area contributed by atoms with Crippen molar-refractivity contribution in [2.45, 2.75) is 32.4 Å². The Morgan fingerprint density at radius 1 is 1.20 bits per heavy atom. The maximum absolute atomic E-state index is 12.1. The first-order chi connectivity index (χ1) is 12.0. The number of rotatable bonds is 8. The minimum Gasteiger partial charge on any atom is -0.497 e. The molecule has 2 rings (SSSR count). The van der Waals surface area contributed by atoms with E-state index in [1.165, 1.54) is 0 Å². The van der Waals surface area contributed by atoms with Crippen molar-refractivity contribution in [2.24, 2.45) is 0 Å². The Balaban J connectivity index is 1.80. The van der Waals surface area contributed by atoms with Crippen molar-refractivity contribution in [1.82, 2.24) is 5.32 Å². The van der Waals surface area contributed by atoms with Crippen molar-refractivity contribution in [3.63, 3.8) is 0 Å². The van der Waals surface area contributed by atoms with Crippen LogP contribution in [0.25, 0.3) is 0 Å². The van der Waals surface area contributed by atoms with E-state index in [0.29, 0.717) is 18.7 Å². The zero-order valence-electron chi connectivity index (χ0n) is 15.0. The number of aliphatic hydroxyl groups is 1. The lowest BCUT2D eigenvalue weighted by atomic mass is 10.1. The summed E-state index contributed by atoms with van der Waals surface area (Å²) in [4.78, 5) is 12.1. The van der Waals surface area contributed by atoms with Crippen LogP contribution >= 0.6 is 0 Å². The first-order valence-corrected chi connectivity index (χ1v) is 8.40. The molecule has 0 aliphatic carbocycles. The molecule has 1 amide bonds. The maximum Gasteiger partial charge on any atom is 0.225 e. The molecule has 2 atom stereocenters. The molecule has 25 heavy (non-hydrogen) atoms. The Morgan fingerprint density at radius 2 is 1.96 bits per heavy atom. The summed E-state index contributed by atoms with van der Waals surface area (Å²) in [6.45, 7) is 4.25. The van der Waals surface area contributed by atoms with Gasteiger partial charge in [-0.05, 0) is 43.2 Å². The van der Waals surface area contributed by atoms with Crippen molar-refractivity contribution in [3.05, 3.63) is 59.7 Å². The van der Waals surface area contributed by atoms with Gasteiger partial charge in [-0.3, -0.25) is 4.79 Å². The van der Waals surface area contributed by atoms with E-state index in [0.717, 1.165) is 16.8 Å². The van der Waals surface area contributed by atoms with Gasteiger partial charge in [0.05, 0.1) is 13.2 Å². The van der Waals surface area contributed by atoms with Gasteiger partial charge in [0.2, 0.25) is 5.91 Å². The summed E-state index contributed by atoms with van der Waals surface area (Å²) >= 11 is 0. The third-order valence-electron chi connectivity index (χ3n) is 4.05. The van der Waals surface area contributed by atoms with Crippen LogP contribution < -0.4 is 15.4 Å². The van der Waals surface area contributed by atoms with E-state index in [1.807, 2.05) is 62.4 Å². The topological polar surface area (TPSA) is 70.6 Å². The molecule has 0 aromatic heterocycles. The maximum atomic E-state index is 12.1. The molecule has 5 heteroatoms. The molecule has 0 radical (unpaired) electrons. The molecular weight excluding hydrogens is 316 g/mol. The lowest BCUT2D eigenvalue weighted by Gasteiger charge is -2.18. The molecular formula is C20H26N2O3. The second-order valence-corrected chi connectivity index (χ2v) is 6.17. The van der Waals surface area contributed by atoms with E-state index in [9.17, 15) is 9.90 Å². The fourth-order valence-electron chi connectivity index (χ4n) is 2.54. The van der Waals surface area contributed by atoms with Crippen LogP contribution in [0.5, 0.6) is 5.75 Å². The highest BCUT2D eigenvalue weighted by molar-refractivity contribution is 5.91. The number of benzene rings is 2. The van der Waals surface area contributed by atoms with Crippen LogP contribution in [0.4, 0.5) is 5.69 Å². The normalized spacial score (nSPS) is 13.1.